The standard InChI is InChI=1S/C15H15F3N2O3S/c16-15(17,18)12-7-3-1-2-4-8(7)19-14(20-12)24-11-5-9(21)13-22-6-10(11)23-13/h10-11,13H,1-6H2/t10-,11-,13-/m0/s1. The number of nitrogens with zero attached hydrogens (tertiary/aromatic N) is 2. The Morgan fingerprint density at radius 3 is 2.75 bits per heavy atom. The summed E-state index contributed by atoms with van der Waals surface area (Å²) >= 11 is 1.08. The molecule has 3 atom stereocenters. The molecule has 2 fully saturated rings. The van der Waals surface area contributed by atoms with Crippen molar-refractivity contribution in [3.05, 3.63) is 17.0 Å². The number of fused-ring (bicyclic) bond motifs is 3. The van der Waals surface area contributed by atoms with Gasteiger partial charge in [0.1, 0.15) is 0 Å². The van der Waals surface area contributed by atoms with Crippen LogP contribution >= 0.6 is 11.8 Å². The van der Waals surface area contributed by atoms with E-state index in [-0.39, 0.29) is 40.9 Å². The van der Waals surface area contributed by atoms with Gasteiger partial charge in [0.25, 0.3) is 0 Å². The molecule has 1 aromatic rings. The molecule has 0 unspecified atom stereocenters. The fourth-order valence-electron chi connectivity index (χ4n) is 3.32. The monoisotopic (exact) mass is 360 g/mol. The molecule has 24 heavy (non-hydrogen) atoms. The molecule has 5 nitrogen and oxygen atoms in total. The average Bonchev–Trinajstić information content (AvgIpc) is 2.97. The first-order valence-electron chi connectivity index (χ1n) is 7.85. The third kappa shape index (κ3) is 2.93. The first kappa shape index (κ1) is 16.3. The molecule has 130 valence electrons. The number of carbonyl (C=O) groups excluding carboxylic acids is 1. The Kier molecular flexibility index (Phi) is 4.04. The number of hydrogen-bond donors (Lipinski definition) is 0. The number of halogens is 3. The molecule has 2 aliphatic heterocycles. The van der Waals surface area contributed by atoms with Crippen LogP contribution in [0.25, 0.3) is 0 Å². The van der Waals surface area contributed by atoms with Crippen LogP contribution in [0.3, 0.4) is 0 Å². The first-order chi connectivity index (χ1) is 11.4. The topological polar surface area (TPSA) is 61.3 Å². The van der Waals surface area contributed by atoms with E-state index in [9.17, 15) is 18.0 Å². The lowest BCUT2D eigenvalue weighted by atomic mass is 9.94. The predicted molar refractivity (Wildman–Crippen MR) is 77.6 cm³/mol. The Morgan fingerprint density at radius 1 is 1.17 bits per heavy atom. The third-order valence-electron chi connectivity index (χ3n) is 4.48. The Balaban J connectivity index is 1.64. The smallest absolute Gasteiger partial charge is 0.343 e. The van der Waals surface area contributed by atoms with Crippen LogP contribution in [-0.4, -0.2) is 40.0 Å². The zero-order valence-corrected chi connectivity index (χ0v) is 13.5. The fraction of sp³-hybridized carbons (Fsp3) is 0.667. The van der Waals surface area contributed by atoms with E-state index in [1.807, 2.05) is 0 Å². The van der Waals surface area contributed by atoms with Crippen molar-refractivity contribution in [2.24, 2.45) is 0 Å². The second-order valence-corrected chi connectivity index (χ2v) is 7.36. The van der Waals surface area contributed by atoms with Crippen LogP contribution in [0.2, 0.25) is 0 Å². The van der Waals surface area contributed by atoms with E-state index in [2.05, 4.69) is 9.97 Å². The largest absolute Gasteiger partial charge is 0.433 e. The number of Topliss-reactive ketones (excluding diaryl/α,β-unsaturated/α-hetero) is 1. The van der Waals surface area contributed by atoms with Gasteiger partial charge < -0.3 is 9.47 Å². The van der Waals surface area contributed by atoms with E-state index in [0.29, 0.717) is 18.5 Å². The summed E-state index contributed by atoms with van der Waals surface area (Å²) in [6.07, 6.45) is -3.00. The molecular formula is C15H15F3N2O3S. The molecule has 3 heterocycles. The molecule has 0 amide bonds. The summed E-state index contributed by atoms with van der Waals surface area (Å²) in [6, 6.07) is 0. The Labute approximate surface area is 140 Å². The van der Waals surface area contributed by atoms with Crippen molar-refractivity contribution in [2.75, 3.05) is 6.61 Å². The highest BCUT2D eigenvalue weighted by Crippen LogP contribution is 2.39. The second kappa shape index (κ2) is 5.96. The lowest BCUT2D eigenvalue weighted by Gasteiger charge is -2.26. The van der Waals surface area contributed by atoms with Gasteiger partial charge in [-0.15, -0.1) is 0 Å². The molecule has 2 bridgehead atoms. The number of rotatable bonds is 2. The Bertz CT molecular complexity index is 683. The second-order valence-electron chi connectivity index (χ2n) is 6.15. The van der Waals surface area contributed by atoms with Gasteiger partial charge in [-0.05, 0) is 25.7 Å². The average molecular weight is 360 g/mol. The van der Waals surface area contributed by atoms with Crippen molar-refractivity contribution < 1.29 is 27.4 Å². The van der Waals surface area contributed by atoms with E-state index in [4.69, 9.17) is 9.47 Å². The van der Waals surface area contributed by atoms with Crippen molar-refractivity contribution in [1.82, 2.24) is 9.97 Å². The molecule has 1 aliphatic carbocycles. The minimum absolute atomic E-state index is 0.0646. The van der Waals surface area contributed by atoms with E-state index >= 15 is 0 Å². The minimum Gasteiger partial charge on any atom is -0.343 e. The van der Waals surface area contributed by atoms with Crippen molar-refractivity contribution >= 4 is 17.5 Å². The number of alkyl halides is 3. The van der Waals surface area contributed by atoms with Crippen LogP contribution in [0.4, 0.5) is 13.2 Å². The SMILES string of the molecule is O=C1C[C@H](Sc2nc3c(c(C(F)(F)F)n2)CCCC3)[C@@H]2CO[C@H]1O2. The summed E-state index contributed by atoms with van der Waals surface area (Å²) in [6.45, 7) is 0.269. The van der Waals surface area contributed by atoms with Gasteiger partial charge in [-0.25, -0.2) is 9.97 Å². The number of aromatic nitrogens is 2. The van der Waals surface area contributed by atoms with Crippen LogP contribution in [0.5, 0.6) is 0 Å². The molecule has 2 saturated heterocycles. The summed E-state index contributed by atoms with van der Waals surface area (Å²) < 4.78 is 50.7. The molecule has 0 spiro atoms. The molecule has 4 rings (SSSR count). The highest BCUT2D eigenvalue weighted by Gasteiger charge is 2.44. The van der Waals surface area contributed by atoms with Gasteiger partial charge >= 0.3 is 6.18 Å². The zero-order chi connectivity index (χ0) is 16.9. The van der Waals surface area contributed by atoms with Crippen LogP contribution < -0.4 is 0 Å². The number of ether oxygens (including phenoxy) is 2. The maximum atomic E-state index is 13.3. The maximum absolute atomic E-state index is 13.3. The number of aryl methyl sites for hydroxylation is 1. The van der Waals surface area contributed by atoms with Crippen LogP contribution in [0.15, 0.2) is 5.16 Å². The number of carbonyl (C=O) groups is 1. The van der Waals surface area contributed by atoms with Crippen LogP contribution in [0, 0.1) is 0 Å². The van der Waals surface area contributed by atoms with E-state index < -0.39 is 18.2 Å². The highest BCUT2D eigenvalue weighted by molar-refractivity contribution is 7.99. The minimum atomic E-state index is -4.50. The molecule has 3 aliphatic rings. The summed E-state index contributed by atoms with van der Waals surface area (Å²) in [4.78, 5) is 19.9. The highest BCUT2D eigenvalue weighted by atomic mass is 32.2. The fourth-order valence-corrected chi connectivity index (χ4v) is 4.44. The zero-order valence-electron chi connectivity index (χ0n) is 12.6. The van der Waals surface area contributed by atoms with Gasteiger partial charge in [0.15, 0.2) is 16.6 Å². The van der Waals surface area contributed by atoms with Gasteiger partial charge in [-0.3, -0.25) is 4.79 Å². The van der Waals surface area contributed by atoms with Gasteiger partial charge in [0.05, 0.1) is 12.7 Å². The number of thioether (sulfide) groups is 1. The van der Waals surface area contributed by atoms with Crippen molar-refractivity contribution in [2.45, 2.75) is 61.1 Å². The molecular weight excluding hydrogens is 345 g/mol. The molecule has 0 saturated carbocycles. The molecule has 1 aromatic heterocycles. The van der Waals surface area contributed by atoms with Crippen LogP contribution in [-0.2, 0) is 33.3 Å². The number of ketones is 1. The lowest BCUT2D eigenvalue weighted by Crippen LogP contribution is -2.37. The van der Waals surface area contributed by atoms with E-state index in [1.54, 1.807) is 0 Å². The molecule has 0 N–H and O–H groups in total. The van der Waals surface area contributed by atoms with Gasteiger partial charge in [-0.1, -0.05) is 11.8 Å². The van der Waals surface area contributed by atoms with Gasteiger partial charge in [0.2, 0.25) is 6.29 Å². The Morgan fingerprint density at radius 2 is 1.96 bits per heavy atom. The predicted octanol–water partition coefficient (Wildman–Crippen LogP) is 2.55. The summed E-state index contributed by atoms with van der Waals surface area (Å²) in [5.74, 6) is -0.185. The molecule has 0 radical (unpaired) electrons. The number of hydrogen-bond acceptors (Lipinski definition) is 6. The van der Waals surface area contributed by atoms with E-state index in [0.717, 1.165) is 24.6 Å². The van der Waals surface area contributed by atoms with Crippen LogP contribution in [0.1, 0.15) is 36.2 Å². The van der Waals surface area contributed by atoms with Gasteiger partial charge in [-0.2, -0.15) is 13.2 Å². The third-order valence-corrected chi connectivity index (χ3v) is 5.64. The van der Waals surface area contributed by atoms with E-state index in [1.165, 1.54) is 0 Å². The first-order valence-corrected chi connectivity index (χ1v) is 8.73. The van der Waals surface area contributed by atoms with Gasteiger partial charge in [0, 0.05) is 22.9 Å². The summed E-state index contributed by atoms with van der Waals surface area (Å²) in [5, 5.41) is -0.256. The normalized spacial score (nSPS) is 29.6. The lowest BCUT2D eigenvalue weighted by molar-refractivity contribution is -0.151. The summed E-state index contributed by atoms with van der Waals surface area (Å²) in [5.41, 5.74) is -0.133. The molecule has 9 heteroatoms. The summed E-state index contributed by atoms with van der Waals surface area (Å²) in [7, 11) is 0. The maximum Gasteiger partial charge on any atom is 0.433 e. The van der Waals surface area contributed by atoms with Crippen molar-refractivity contribution in [1.29, 1.82) is 0 Å². The quantitative estimate of drug-likeness (QED) is 0.756. The van der Waals surface area contributed by atoms with Crippen molar-refractivity contribution in [3.63, 3.8) is 0 Å². The molecule has 0 aromatic carbocycles. The van der Waals surface area contributed by atoms with Crippen molar-refractivity contribution in [3.8, 4) is 0 Å². The Hall–Kier alpha value is -1.19.